The van der Waals surface area contributed by atoms with Crippen molar-refractivity contribution in [2.24, 2.45) is 7.05 Å². The number of aryl methyl sites for hydroxylation is 2. The van der Waals surface area contributed by atoms with Gasteiger partial charge in [-0.05, 0) is 43.0 Å². The molecule has 2 aromatic carbocycles. The van der Waals surface area contributed by atoms with E-state index in [0.29, 0.717) is 5.75 Å². The van der Waals surface area contributed by atoms with E-state index < -0.39 is 0 Å². The number of carbonyl (C=O) groups excluding carboxylic acids is 1. The number of thioether (sulfide) groups is 1. The zero-order chi connectivity index (χ0) is 19.4. The Labute approximate surface area is 165 Å². The number of hydrogen-bond acceptors (Lipinski definition) is 3. The Balaban J connectivity index is 1.59. The number of aromatic nitrogens is 2. The molecule has 0 fully saturated rings. The second-order valence-corrected chi connectivity index (χ2v) is 7.72. The van der Waals surface area contributed by atoms with Crippen molar-refractivity contribution in [1.82, 2.24) is 14.9 Å². The number of imidazole rings is 1. The van der Waals surface area contributed by atoms with Crippen LogP contribution in [0.1, 0.15) is 29.7 Å². The predicted octanol–water partition coefficient (Wildman–Crippen LogP) is 4.67. The zero-order valence-corrected chi connectivity index (χ0v) is 17.0. The third-order valence-corrected chi connectivity index (χ3v) is 5.80. The van der Waals surface area contributed by atoms with Gasteiger partial charge in [0, 0.05) is 7.05 Å². The maximum atomic E-state index is 12.4. The van der Waals surface area contributed by atoms with Crippen LogP contribution in [-0.2, 0) is 11.8 Å². The lowest BCUT2D eigenvalue weighted by Gasteiger charge is -2.15. The van der Waals surface area contributed by atoms with Crippen LogP contribution in [-0.4, -0.2) is 21.2 Å². The summed E-state index contributed by atoms with van der Waals surface area (Å²) in [6.07, 6.45) is 1.85. The van der Waals surface area contributed by atoms with E-state index in [2.05, 4.69) is 54.5 Å². The second-order valence-electron chi connectivity index (χ2n) is 6.77. The summed E-state index contributed by atoms with van der Waals surface area (Å²) in [5.41, 5.74) is 5.79. The van der Waals surface area contributed by atoms with Gasteiger partial charge in [0.25, 0.3) is 0 Å². The van der Waals surface area contributed by atoms with E-state index in [-0.39, 0.29) is 11.9 Å². The highest BCUT2D eigenvalue weighted by Crippen LogP contribution is 2.25. The average molecular weight is 380 g/mol. The molecule has 1 unspecified atom stereocenters. The first-order valence-corrected chi connectivity index (χ1v) is 10.0. The summed E-state index contributed by atoms with van der Waals surface area (Å²) >= 11 is 1.45. The fraction of sp³-hybridized carbons (Fsp3) is 0.273. The number of amides is 1. The summed E-state index contributed by atoms with van der Waals surface area (Å²) in [7, 11) is 1.98. The van der Waals surface area contributed by atoms with Gasteiger partial charge in [-0.3, -0.25) is 4.79 Å². The lowest BCUT2D eigenvalue weighted by atomic mass is 10.0. The van der Waals surface area contributed by atoms with Crippen LogP contribution in [0.5, 0.6) is 0 Å². The third kappa shape index (κ3) is 4.61. The maximum Gasteiger partial charge on any atom is 0.230 e. The molecule has 0 saturated carbocycles. The summed E-state index contributed by atoms with van der Waals surface area (Å²) < 4.78 is 2.03. The molecule has 5 heteroatoms. The summed E-state index contributed by atoms with van der Waals surface area (Å²) in [6.45, 7) is 6.20. The van der Waals surface area contributed by atoms with Crippen molar-refractivity contribution in [1.29, 1.82) is 0 Å². The largest absolute Gasteiger partial charge is 0.349 e. The Morgan fingerprint density at radius 2 is 1.89 bits per heavy atom. The molecule has 1 atom stereocenters. The summed E-state index contributed by atoms with van der Waals surface area (Å²) in [5, 5.41) is 3.91. The maximum absolute atomic E-state index is 12.4. The summed E-state index contributed by atoms with van der Waals surface area (Å²) in [5.74, 6) is 0.351. The molecule has 0 bridgehead atoms. The van der Waals surface area contributed by atoms with Crippen LogP contribution in [0.2, 0.25) is 0 Å². The fourth-order valence-electron chi connectivity index (χ4n) is 2.93. The van der Waals surface area contributed by atoms with Gasteiger partial charge in [-0.2, -0.15) is 0 Å². The minimum absolute atomic E-state index is 0.00925. The Hall–Kier alpha value is -2.53. The van der Waals surface area contributed by atoms with Crippen molar-refractivity contribution in [3.05, 3.63) is 71.4 Å². The first-order chi connectivity index (χ1) is 13.0. The van der Waals surface area contributed by atoms with Crippen LogP contribution in [0.3, 0.4) is 0 Å². The van der Waals surface area contributed by atoms with Gasteiger partial charge in [0.15, 0.2) is 5.16 Å². The number of rotatable bonds is 6. The molecular weight excluding hydrogens is 354 g/mol. The minimum atomic E-state index is -0.0151. The van der Waals surface area contributed by atoms with Crippen LogP contribution in [0.15, 0.2) is 59.9 Å². The van der Waals surface area contributed by atoms with Gasteiger partial charge in [-0.1, -0.05) is 60.3 Å². The molecule has 0 aliphatic carbocycles. The molecule has 1 N–H and O–H groups in total. The van der Waals surface area contributed by atoms with Crippen LogP contribution in [0, 0.1) is 13.8 Å². The van der Waals surface area contributed by atoms with Gasteiger partial charge < -0.3 is 9.88 Å². The van der Waals surface area contributed by atoms with E-state index in [1.54, 1.807) is 0 Å². The number of carbonyl (C=O) groups is 1. The lowest BCUT2D eigenvalue weighted by Crippen LogP contribution is -2.28. The zero-order valence-electron chi connectivity index (χ0n) is 16.2. The summed E-state index contributed by atoms with van der Waals surface area (Å²) in [6, 6.07) is 16.4. The number of nitrogens with zero attached hydrogens (tertiary/aromatic N) is 2. The van der Waals surface area contributed by atoms with Gasteiger partial charge in [-0.15, -0.1) is 0 Å². The molecule has 1 aromatic heterocycles. The van der Waals surface area contributed by atoms with Crippen LogP contribution < -0.4 is 5.32 Å². The normalized spacial score (nSPS) is 12.0. The lowest BCUT2D eigenvalue weighted by molar-refractivity contribution is -0.119. The Morgan fingerprint density at radius 3 is 2.59 bits per heavy atom. The second kappa shape index (κ2) is 8.44. The summed E-state index contributed by atoms with van der Waals surface area (Å²) in [4.78, 5) is 16.8. The van der Waals surface area contributed by atoms with Crippen molar-refractivity contribution >= 4 is 17.7 Å². The van der Waals surface area contributed by atoms with Crippen LogP contribution >= 0.6 is 11.8 Å². The monoisotopic (exact) mass is 379 g/mol. The van der Waals surface area contributed by atoms with Crippen molar-refractivity contribution in [3.8, 4) is 11.3 Å². The standard InChI is InChI=1S/C22H25N3OS/c1-15-10-11-19(12-16(15)2)17(3)24-21(26)14-27-22-23-13-20(25(22)4)18-8-6-5-7-9-18/h5-13,17H,14H2,1-4H3,(H,24,26). The van der Waals surface area contributed by atoms with Crippen molar-refractivity contribution in [2.75, 3.05) is 5.75 Å². The van der Waals surface area contributed by atoms with Crippen molar-refractivity contribution in [2.45, 2.75) is 32.0 Å². The van der Waals surface area contributed by atoms with E-state index in [4.69, 9.17) is 0 Å². The van der Waals surface area contributed by atoms with Crippen molar-refractivity contribution in [3.63, 3.8) is 0 Å². The molecule has 0 saturated heterocycles. The molecule has 0 aliphatic rings. The Bertz CT molecular complexity index is 934. The molecule has 0 aliphatic heterocycles. The van der Waals surface area contributed by atoms with Crippen LogP contribution in [0.4, 0.5) is 0 Å². The molecule has 0 radical (unpaired) electrons. The molecular formula is C22H25N3OS. The number of nitrogens with one attached hydrogen (secondary N) is 1. The molecule has 3 rings (SSSR count). The highest BCUT2D eigenvalue weighted by atomic mass is 32.2. The number of benzene rings is 2. The van der Waals surface area contributed by atoms with E-state index in [0.717, 1.165) is 22.0 Å². The first-order valence-electron chi connectivity index (χ1n) is 9.02. The van der Waals surface area contributed by atoms with Gasteiger partial charge >= 0.3 is 0 Å². The molecule has 4 nitrogen and oxygen atoms in total. The smallest absolute Gasteiger partial charge is 0.230 e. The van der Waals surface area contributed by atoms with Gasteiger partial charge in [-0.25, -0.2) is 4.98 Å². The predicted molar refractivity (Wildman–Crippen MR) is 112 cm³/mol. The highest BCUT2D eigenvalue weighted by Gasteiger charge is 2.13. The van der Waals surface area contributed by atoms with E-state index in [1.165, 1.54) is 22.9 Å². The van der Waals surface area contributed by atoms with Crippen molar-refractivity contribution < 1.29 is 4.79 Å². The molecule has 0 spiro atoms. The Morgan fingerprint density at radius 1 is 1.15 bits per heavy atom. The van der Waals surface area contributed by atoms with Gasteiger partial charge in [0.1, 0.15) is 0 Å². The third-order valence-electron chi connectivity index (χ3n) is 4.76. The van der Waals surface area contributed by atoms with E-state index in [1.807, 2.05) is 42.9 Å². The molecule has 140 valence electrons. The minimum Gasteiger partial charge on any atom is -0.349 e. The molecule has 1 heterocycles. The first kappa shape index (κ1) is 19.2. The highest BCUT2D eigenvalue weighted by molar-refractivity contribution is 7.99. The molecule has 27 heavy (non-hydrogen) atoms. The van der Waals surface area contributed by atoms with Gasteiger partial charge in [0.2, 0.25) is 5.91 Å². The molecule has 3 aromatic rings. The topological polar surface area (TPSA) is 46.9 Å². The fourth-order valence-corrected chi connectivity index (χ4v) is 3.70. The average Bonchev–Trinajstić information content (AvgIpc) is 3.03. The quantitative estimate of drug-likeness (QED) is 0.633. The Kier molecular flexibility index (Phi) is 6.01. The molecule has 1 amide bonds. The van der Waals surface area contributed by atoms with Crippen LogP contribution in [0.25, 0.3) is 11.3 Å². The van der Waals surface area contributed by atoms with E-state index >= 15 is 0 Å². The SMILES string of the molecule is Cc1ccc(C(C)NC(=O)CSc2ncc(-c3ccccc3)n2C)cc1C. The number of hydrogen-bond donors (Lipinski definition) is 1. The van der Waals surface area contributed by atoms with Gasteiger partial charge in [0.05, 0.1) is 23.7 Å². The van der Waals surface area contributed by atoms with E-state index in [9.17, 15) is 4.79 Å².